The van der Waals surface area contributed by atoms with Crippen LogP contribution >= 0.6 is 15.9 Å². The van der Waals surface area contributed by atoms with Gasteiger partial charge in [-0.25, -0.2) is 0 Å². The molecule has 1 heterocycles. The summed E-state index contributed by atoms with van der Waals surface area (Å²) in [5.74, 6) is 1.05. The lowest BCUT2D eigenvalue weighted by molar-refractivity contribution is 0.246. The molecule has 94 valence electrons. The number of nitrogens with one attached hydrogen (secondary N) is 1. The molecule has 2 rings (SSSR count). The third-order valence-electron chi connectivity index (χ3n) is 3.24. The first-order chi connectivity index (χ1) is 8.00. The molecule has 1 aliphatic heterocycles. The fourth-order valence-corrected chi connectivity index (χ4v) is 2.82. The van der Waals surface area contributed by atoms with E-state index in [0.29, 0.717) is 12.1 Å². The number of ether oxygens (including phenoxy) is 1. The van der Waals surface area contributed by atoms with E-state index in [2.05, 4.69) is 55.0 Å². The molecule has 0 radical (unpaired) electrons. The minimum atomic E-state index is 0.413. The largest absolute Gasteiger partial charge is 0.493 e. The van der Waals surface area contributed by atoms with E-state index in [1.807, 2.05) is 0 Å². The second kappa shape index (κ2) is 4.99. The van der Waals surface area contributed by atoms with E-state index in [4.69, 9.17) is 4.74 Å². The predicted molar refractivity (Wildman–Crippen MR) is 74.7 cm³/mol. The van der Waals surface area contributed by atoms with Crippen LogP contribution in [0.3, 0.4) is 0 Å². The molecule has 0 spiro atoms. The molecular weight excluding hydrogens is 278 g/mol. The van der Waals surface area contributed by atoms with Gasteiger partial charge in [0.2, 0.25) is 0 Å². The van der Waals surface area contributed by atoms with E-state index in [-0.39, 0.29) is 0 Å². The quantitative estimate of drug-likeness (QED) is 0.894. The summed E-state index contributed by atoms with van der Waals surface area (Å²) in [5.41, 5.74) is 3.87. The van der Waals surface area contributed by atoms with Crippen LogP contribution in [0.5, 0.6) is 5.75 Å². The molecule has 0 aliphatic carbocycles. The minimum Gasteiger partial charge on any atom is -0.493 e. The van der Waals surface area contributed by atoms with E-state index in [0.717, 1.165) is 18.8 Å². The van der Waals surface area contributed by atoms with Crippen LogP contribution in [0.15, 0.2) is 10.5 Å². The minimum absolute atomic E-state index is 0.413. The van der Waals surface area contributed by atoms with Crippen molar-refractivity contribution in [2.75, 3.05) is 6.61 Å². The van der Waals surface area contributed by atoms with Crippen molar-refractivity contribution in [3.8, 4) is 5.75 Å². The standard InChI is InChI=1S/C14H20BrNO/c1-8(2)16-11-5-6-17-12-7-9(3)14(15)10(4)13(11)12/h7-8,11,16H,5-6H2,1-4H3. The van der Waals surface area contributed by atoms with Gasteiger partial charge in [0.15, 0.2) is 0 Å². The van der Waals surface area contributed by atoms with Crippen molar-refractivity contribution in [3.05, 3.63) is 27.2 Å². The molecule has 3 heteroatoms. The van der Waals surface area contributed by atoms with E-state index in [1.165, 1.54) is 21.2 Å². The molecule has 0 amide bonds. The van der Waals surface area contributed by atoms with Gasteiger partial charge < -0.3 is 10.1 Å². The van der Waals surface area contributed by atoms with Crippen LogP contribution in [0.4, 0.5) is 0 Å². The molecule has 1 aliphatic rings. The smallest absolute Gasteiger partial charge is 0.124 e. The third-order valence-corrected chi connectivity index (χ3v) is 4.46. The van der Waals surface area contributed by atoms with Crippen LogP contribution in [0.1, 0.15) is 43.0 Å². The van der Waals surface area contributed by atoms with E-state index in [1.54, 1.807) is 0 Å². The normalized spacial score (nSPS) is 19.1. The van der Waals surface area contributed by atoms with Crippen molar-refractivity contribution in [1.29, 1.82) is 0 Å². The molecule has 1 aromatic carbocycles. The first kappa shape index (κ1) is 12.9. The molecule has 0 bridgehead atoms. The molecule has 17 heavy (non-hydrogen) atoms. The molecule has 1 aromatic rings. The van der Waals surface area contributed by atoms with Gasteiger partial charge in [-0.3, -0.25) is 0 Å². The van der Waals surface area contributed by atoms with Crippen LogP contribution in [0, 0.1) is 13.8 Å². The van der Waals surface area contributed by atoms with Crippen molar-refractivity contribution < 1.29 is 4.74 Å². The average Bonchev–Trinajstić information content (AvgIpc) is 2.25. The highest BCUT2D eigenvalue weighted by atomic mass is 79.9. The van der Waals surface area contributed by atoms with E-state index >= 15 is 0 Å². The lowest BCUT2D eigenvalue weighted by Gasteiger charge is -2.31. The second-order valence-electron chi connectivity index (χ2n) is 5.06. The monoisotopic (exact) mass is 297 g/mol. The van der Waals surface area contributed by atoms with Crippen molar-refractivity contribution >= 4 is 15.9 Å². The highest BCUT2D eigenvalue weighted by molar-refractivity contribution is 9.10. The van der Waals surface area contributed by atoms with Crippen LogP contribution in [-0.2, 0) is 0 Å². The number of benzene rings is 1. The number of hydrogen-bond acceptors (Lipinski definition) is 2. The Labute approximate surface area is 112 Å². The highest BCUT2D eigenvalue weighted by Crippen LogP contribution is 2.39. The molecule has 1 N–H and O–H groups in total. The van der Waals surface area contributed by atoms with Gasteiger partial charge in [0.25, 0.3) is 0 Å². The number of hydrogen-bond donors (Lipinski definition) is 1. The summed E-state index contributed by atoms with van der Waals surface area (Å²) in [7, 11) is 0. The number of rotatable bonds is 2. The molecule has 1 unspecified atom stereocenters. The van der Waals surface area contributed by atoms with E-state index in [9.17, 15) is 0 Å². The maximum Gasteiger partial charge on any atom is 0.124 e. The maximum atomic E-state index is 5.79. The summed E-state index contributed by atoms with van der Waals surface area (Å²) in [5, 5.41) is 3.62. The topological polar surface area (TPSA) is 21.3 Å². The molecule has 0 saturated carbocycles. The summed E-state index contributed by atoms with van der Waals surface area (Å²) in [6, 6.07) is 3.04. The van der Waals surface area contributed by atoms with Gasteiger partial charge in [0.05, 0.1) is 6.61 Å². The number of aryl methyl sites for hydroxylation is 1. The molecular formula is C14H20BrNO. The van der Waals surface area contributed by atoms with Crippen molar-refractivity contribution in [3.63, 3.8) is 0 Å². The zero-order valence-electron chi connectivity index (χ0n) is 10.9. The number of halogens is 1. The summed E-state index contributed by atoms with van der Waals surface area (Å²) in [6.45, 7) is 9.46. The third kappa shape index (κ3) is 2.50. The van der Waals surface area contributed by atoms with Crippen molar-refractivity contribution in [1.82, 2.24) is 5.32 Å². The molecule has 2 nitrogen and oxygen atoms in total. The van der Waals surface area contributed by atoms with Crippen molar-refractivity contribution in [2.45, 2.75) is 46.2 Å². The van der Waals surface area contributed by atoms with Crippen molar-refractivity contribution in [2.24, 2.45) is 0 Å². The summed E-state index contributed by atoms with van der Waals surface area (Å²) in [6.07, 6.45) is 1.04. The van der Waals surface area contributed by atoms with Gasteiger partial charge in [-0.05, 0) is 31.0 Å². The van der Waals surface area contributed by atoms with Crippen LogP contribution in [0.2, 0.25) is 0 Å². The Bertz CT molecular complexity index is 429. The van der Waals surface area contributed by atoms with Gasteiger partial charge >= 0.3 is 0 Å². The first-order valence-corrected chi connectivity index (χ1v) is 6.98. The highest BCUT2D eigenvalue weighted by Gasteiger charge is 2.25. The van der Waals surface area contributed by atoms with Gasteiger partial charge in [-0.1, -0.05) is 29.8 Å². The van der Waals surface area contributed by atoms with Crippen LogP contribution in [-0.4, -0.2) is 12.6 Å². The Balaban J connectivity index is 2.46. The van der Waals surface area contributed by atoms with Gasteiger partial charge in [-0.15, -0.1) is 0 Å². The van der Waals surface area contributed by atoms with Gasteiger partial charge in [0, 0.05) is 28.5 Å². The zero-order chi connectivity index (χ0) is 12.6. The number of fused-ring (bicyclic) bond motifs is 1. The second-order valence-corrected chi connectivity index (χ2v) is 5.85. The lowest BCUT2D eigenvalue weighted by atomic mass is 9.93. The lowest BCUT2D eigenvalue weighted by Crippen LogP contribution is -2.32. The summed E-state index contributed by atoms with van der Waals surface area (Å²) in [4.78, 5) is 0. The summed E-state index contributed by atoms with van der Waals surface area (Å²) < 4.78 is 7.00. The average molecular weight is 298 g/mol. The Kier molecular flexibility index (Phi) is 3.79. The Morgan fingerprint density at radius 1 is 1.41 bits per heavy atom. The maximum absolute atomic E-state index is 5.79. The molecule has 0 fully saturated rings. The summed E-state index contributed by atoms with van der Waals surface area (Å²) >= 11 is 3.67. The Morgan fingerprint density at radius 2 is 2.12 bits per heavy atom. The molecule has 0 saturated heterocycles. The first-order valence-electron chi connectivity index (χ1n) is 6.19. The van der Waals surface area contributed by atoms with Crippen LogP contribution < -0.4 is 10.1 Å². The fraction of sp³-hybridized carbons (Fsp3) is 0.571. The van der Waals surface area contributed by atoms with Crippen LogP contribution in [0.25, 0.3) is 0 Å². The van der Waals surface area contributed by atoms with E-state index < -0.39 is 0 Å². The molecule has 1 atom stereocenters. The SMILES string of the molecule is Cc1cc2c(c(C)c1Br)C(NC(C)C)CCO2. The Morgan fingerprint density at radius 3 is 2.76 bits per heavy atom. The molecule has 0 aromatic heterocycles. The predicted octanol–water partition coefficient (Wildman–Crippen LogP) is 3.89. The zero-order valence-corrected chi connectivity index (χ0v) is 12.5. The van der Waals surface area contributed by atoms with Gasteiger partial charge in [0.1, 0.15) is 5.75 Å². The Hall–Kier alpha value is -0.540. The fourth-order valence-electron chi connectivity index (χ4n) is 2.49. The van der Waals surface area contributed by atoms with Gasteiger partial charge in [-0.2, -0.15) is 0 Å².